The maximum atomic E-state index is 11.4. The molecule has 1 unspecified atom stereocenters. The molecule has 2 N–H and O–H groups in total. The zero-order valence-electron chi connectivity index (χ0n) is 12.1. The van der Waals surface area contributed by atoms with Crippen LogP contribution < -0.4 is 10.0 Å². The van der Waals surface area contributed by atoms with Crippen molar-refractivity contribution in [1.29, 1.82) is 0 Å². The summed E-state index contributed by atoms with van der Waals surface area (Å²) >= 11 is 0. The molecular formula is C18H16N2O2. The Morgan fingerprint density at radius 3 is 2.95 bits per heavy atom. The van der Waals surface area contributed by atoms with E-state index in [0.717, 1.165) is 35.4 Å². The van der Waals surface area contributed by atoms with Crippen LogP contribution in [0.15, 0.2) is 54.1 Å². The molecule has 2 aliphatic rings. The number of hydrogen-bond acceptors (Lipinski definition) is 2. The molecule has 1 atom stereocenters. The maximum Gasteiger partial charge on any atom is 0.156 e. The van der Waals surface area contributed by atoms with Gasteiger partial charge in [-0.05, 0) is 11.6 Å². The molecule has 4 rings (SSSR count). The number of benzene rings is 1. The van der Waals surface area contributed by atoms with Gasteiger partial charge in [-0.15, -0.1) is 0 Å². The predicted molar refractivity (Wildman–Crippen MR) is 82.9 cm³/mol. The number of H-pyrrole nitrogens is 1. The first-order chi connectivity index (χ1) is 10.7. The Balaban J connectivity index is 1.94. The van der Waals surface area contributed by atoms with E-state index in [1.54, 1.807) is 12.2 Å². The third kappa shape index (κ3) is 1.77. The fourth-order valence-corrected chi connectivity index (χ4v) is 3.57. The van der Waals surface area contributed by atoms with Crippen LogP contribution in [0.1, 0.15) is 11.3 Å². The van der Waals surface area contributed by atoms with Crippen molar-refractivity contribution in [3.63, 3.8) is 0 Å². The predicted octanol–water partition coefficient (Wildman–Crippen LogP) is 0.196. The first kappa shape index (κ1) is 13.1. The third-order valence-corrected chi connectivity index (χ3v) is 4.65. The number of aromatic nitrogens is 1. The van der Waals surface area contributed by atoms with E-state index >= 15 is 0 Å². The molecule has 4 heteroatoms. The Kier molecular flexibility index (Phi) is 2.81. The molecule has 0 radical (unpaired) electrons. The fourth-order valence-electron chi connectivity index (χ4n) is 3.57. The van der Waals surface area contributed by atoms with Crippen LogP contribution >= 0.6 is 0 Å². The Labute approximate surface area is 128 Å². The number of carboxylic acid groups (broad SMARTS) is 1. The van der Waals surface area contributed by atoms with Crippen LogP contribution in [-0.4, -0.2) is 24.0 Å². The summed E-state index contributed by atoms with van der Waals surface area (Å²) in [7, 11) is 0. The molecule has 0 saturated heterocycles. The SMILES string of the molecule is C=CC1=C(C(=O)[O-])C=C2c3[nH]c4ccccc4c3CC[NH+]2C1. The average Bonchev–Trinajstić information content (AvgIpc) is 2.92. The van der Waals surface area contributed by atoms with E-state index in [9.17, 15) is 9.90 Å². The summed E-state index contributed by atoms with van der Waals surface area (Å²) in [6.07, 6.45) is 4.36. The summed E-state index contributed by atoms with van der Waals surface area (Å²) in [4.78, 5) is 16.1. The summed E-state index contributed by atoms with van der Waals surface area (Å²) in [5.74, 6) is -1.13. The molecule has 2 aliphatic heterocycles. The summed E-state index contributed by atoms with van der Waals surface area (Å²) in [6, 6.07) is 8.21. The minimum Gasteiger partial charge on any atom is -0.545 e. The second-order valence-electron chi connectivity index (χ2n) is 5.79. The van der Waals surface area contributed by atoms with Crippen molar-refractivity contribution in [2.45, 2.75) is 6.42 Å². The normalized spacial score (nSPS) is 20.4. The van der Waals surface area contributed by atoms with Gasteiger partial charge in [-0.2, -0.15) is 0 Å². The van der Waals surface area contributed by atoms with Crippen molar-refractivity contribution in [3.05, 3.63) is 65.4 Å². The molecule has 1 aromatic carbocycles. The zero-order chi connectivity index (χ0) is 15.3. The summed E-state index contributed by atoms with van der Waals surface area (Å²) in [5.41, 5.74) is 5.46. The second kappa shape index (κ2) is 4.71. The lowest BCUT2D eigenvalue weighted by Crippen LogP contribution is -3.11. The van der Waals surface area contributed by atoms with Crippen molar-refractivity contribution in [1.82, 2.24) is 4.98 Å². The van der Waals surface area contributed by atoms with Crippen LogP contribution in [0.5, 0.6) is 0 Å². The smallest absolute Gasteiger partial charge is 0.156 e. The Hall–Kier alpha value is -2.59. The van der Waals surface area contributed by atoms with E-state index in [-0.39, 0.29) is 5.57 Å². The number of para-hydroxylation sites is 1. The Morgan fingerprint density at radius 2 is 2.18 bits per heavy atom. The van der Waals surface area contributed by atoms with E-state index in [0.29, 0.717) is 6.54 Å². The monoisotopic (exact) mass is 292 g/mol. The fraction of sp³-hybridized carbons (Fsp3) is 0.167. The minimum absolute atomic E-state index is 0.250. The quantitative estimate of drug-likeness (QED) is 0.830. The number of carboxylic acids is 1. The van der Waals surface area contributed by atoms with Crippen LogP contribution in [0.4, 0.5) is 0 Å². The van der Waals surface area contributed by atoms with Gasteiger partial charge in [-0.3, -0.25) is 4.90 Å². The lowest BCUT2D eigenvalue weighted by Gasteiger charge is -2.30. The van der Waals surface area contributed by atoms with Gasteiger partial charge in [0.15, 0.2) is 5.70 Å². The summed E-state index contributed by atoms with van der Waals surface area (Å²) < 4.78 is 0. The molecule has 2 aromatic rings. The highest BCUT2D eigenvalue weighted by molar-refractivity contribution is 5.94. The van der Waals surface area contributed by atoms with E-state index in [1.165, 1.54) is 15.8 Å². The second-order valence-corrected chi connectivity index (χ2v) is 5.79. The minimum atomic E-state index is -1.13. The number of quaternary nitrogens is 1. The summed E-state index contributed by atoms with van der Waals surface area (Å²) in [6.45, 7) is 5.34. The standard InChI is InChI=1S/C18H16N2O2/c1-2-11-10-20-8-7-13-12-5-3-4-6-15(12)19-17(13)16(20)9-14(11)18(21)22/h2-6,9,19H,1,7-8,10H2,(H,21,22). The van der Waals surface area contributed by atoms with Gasteiger partial charge < -0.3 is 14.9 Å². The van der Waals surface area contributed by atoms with E-state index in [2.05, 4.69) is 23.7 Å². The Morgan fingerprint density at radius 1 is 1.36 bits per heavy atom. The number of rotatable bonds is 2. The molecule has 3 heterocycles. The van der Waals surface area contributed by atoms with Crippen molar-refractivity contribution in [3.8, 4) is 0 Å². The summed E-state index contributed by atoms with van der Waals surface area (Å²) in [5, 5.41) is 12.6. The molecule has 0 bridgehead atoms. The van der Waals surface area contributed by atoms with Crippen molar-refractivity contribution in [2.24, 2.45) is 0 Å². The van der Waals surface area contributed by atoms with E-state index in [1.807, 2.05) is 12.1 Å². The molecule has 0 amide bonds. The average molecular weight is 292 g/mol. The number of aliphatic carboxylic acids is 1. The van der Waals surface area contributed by atoms with Crippen LogP contribution in [0.2, 0.25) is 0 Å². The number of fused-ring (bicyclic) bond motifs is 5. The van der Waals surface area contributed by atoms with Gasteiger partial charge in [0, 0.05) is 34.5 Å². The highest BCUT2D eigenvalue weighted by Crippen LogP contribution is 2.29. The number of carbonyl (C=O) groups excluding carboxylic acids is 1. The van der Waals surface area contributed by atoms with Crippen molar-refractivity contribution >= 4 is 22.6 Å². The van der Waals surface area contributed by atoms with Crippen molar-refractivity contribution < 1.29 is 14.8 Å². The number of carbonyl (C=O) groups is 1. The lowest BCUT2D eigenvalue weighted by atomic mass is 9.94. The molecular weight excluding hydrogens is 276 g/mol. The molecule has 0 aliphatic carbocycles. The van der Waals surface area contributed by atoms with Gasteiger partial charge >= 0.3 is 0 Å². The van der Waals surface area contributed by atoms with Gasteiger partial charge in [-0.25, -0.2) is 0 Å². The van der Waals surface area contributed by atoms with E-state index < -0.39 is 5.97 Å². The molecule has 22 heavy (non-hydrogen) atoms. The number of hydrogen-bond donors (Lipinski definition) is 2. The molecule has 1 aromatic heterocycles. The first-order valence-electron chi connectivity index (χ1n) is 7.42. The number of nitrogens with one attached hydrogen (secondary N) is 2. The van der Waals surface area contributed by atoms with Gasteiger partial charge in [0.1, 0.15) is 12.2 Å². The van der Waals surface area contributed by atoms with E-state index in [4.69, 9.17) is 0 Å². The van der Waals surface area contributed by atoms with Crippen LogP contribution in [0.3, 0.4) is 0 Å². The molecule has 0 spiro atoms. The van der Waals surface area contributed by atoms with Crippen LogP contribution in [0.25, 0.3) is 16.6 Å². The number of aromatic amines is 1. The van der Waals surface area contributed by atoms with Gasteiger partial charge in [0.25, 0.3) is 0 Å². The van der Waals surface area contributed by atoms with Gasteiger partial charge in [-0.1, -0.05) is 30.9 Å². The van der Waals surface area contributed by atoms with Crippen LogP contribution in [0, 0.1) is 0 Å². The highest BCUT2D eigenvalue weighted by atomic mass is 16.4. The zero-order valence-corrected chi connectivity index (χ0v) is 12.1. The van der Waals surface area contributed by atoms with Gasteiger partial charge in [0.2, 0.25) is 0 Å². The van der Waals surface area contributed by atoms with Crippen molar-refractivity contribution in [2.75, 3.05) is 13.1 Å². The van der Waals surface area contributed by atoms with Gasteiger partial charge in [0.05, 0.1) is 12.5 Å². The maximum absolute atomic E-state index is 11.4. The Bertz CT molecular complexity index is 870. The molecule has 0 fully saturated rings. The molecule has 0 saturated carbocycles. The first-order valence-corrected chi connectivity index (χ1v) is 7.42. The lowest BCUT2D eigenvalue weighted by molar-refractivity contribution is -0.822. The third-order valence-electron chi connectivity index (χ3n) is 4.65. The topological polar surface area (TPSA) is 60.4 Å². The largest absolute Gasteiger partial charge is 0.545 e. The highest BCUT2D eigenvalue weighted by Gasteiger charge is 2.32. The molecule has 4 nitrogen and oxygen atoms in total. The molecule has 110 valence electrons. The van der Waals surface area contributed by atoms with Crippen LogP contribution in [-0.2, 0) is 11.2 Å².